The van der Waals surface area contributed by atoms with E-state index in [9.17, 15) is 4.79 Å². The van der Waals surface area contributed by atoms with Gasteiger partial charge in [0.05, 0.1) is 23.0 Å². The quantitative estimate of drug-likeness (QED) is 0.674. The molecule has 7 heteroatoms. The number of rotatable bonds is 4. The fourth-order valence-electron chi connectivity index (χ4n) is 2.23. The summed E-state index contributed by atoms with van der Waals surface area (Å²) >= 11 is 12.3. The van der Waals surface area contributed by atoms with Crippen molar-refractivity contribution in [2.75, 3.05) is 0 Å². The van der Waals surface area contributed by atoms with Gasteiger partial charge in [0.15, 0.2) is 0 Å². The van der Waals surface area contributed by atoms with Crippen LogP contribution in [0.4, 0.5) is 0 Å². The van der Waals surface area contributed by atoms with Gasteiger partial charge in [-0.1, -0.05) is 23.2 Å². The predicted molar refractivity (Wildman–Crippen MR) is 91.2 cm³/mol. The highest BCUT2D eigenvalue weighted by Crippen LogP contribution is 2.28. The van der Waals surface area contributed by atoms with Crippen LogP contribution in [0.2, 0.25) is 10.0 Å². The van der Waals surface area contributed by atoms with Crippen LogP contribution in [0.15, 0.2) is 29.4 Å². The fourth-order valence-corrected chi connectivity index (χ4v) is 2.60. The molecule has 2 rings (SSSR count). The zero-order chi connectivity index (χ0) is 17.0. The van der Waals surface area contributed by atoms with Crippen LogP contribution >= 0.6 is 23.2 Å². The molecular formula is C16H14Cl2N4O. The SMILES string of the molecule is Cc1cc(/C=N/NC(=O)CC#N)c(C)n1-c1cc(Cl)ccc1Cl. The number of nitrogens with one attached hydrogen (secondary N) is 1. The number of nitrogens with zero attached hydrogens (tertiary/aromatic N) is 3. The van der Waals surface area contributed by atoms with E-state index in [1.54, 1.807) is 24.3 Å². The maximum Gasteiger partial charge on any atom is 0.254 e. The third kappa shape index (κ3) is 3.92. The van der Waals surface area contributed by atoms with Gasteiger partial charge >= 0.3 is 0 Å². The lowest BCUT2D eigenvalue weighted by Gasteiger charge is -2.12. The molecule has 5 nitrogen and oxygen atoms in total. The number of carbonyl (C=O) groups excluding carboxylic acids is 1. The summed E-state index contributed by atoms with van der Waals surface area (Å²) in [6.45, 7) is 3.86. The van der Waals surface area contributed by atoms with Crippen molar-refractivity contribution in [3.63, 3.8) is 0 Å². The lowest BCUT2D eigenvalue weighted by atomic mass is 10.2. The summed E-state index contributed by atoms with van der Waals surface area (Å²) in [6, 6.07) is 8.95. The van der Waals surface area contributed by atoms with Crippen LogP contribution in [0.1, 0.15) is 23.4 Å². The first-order valence-corrected chi connectivity index (χ1v) is 7.53. The van der Waals surface area contributed by atoms with Gasteiger partial charge in [-0.05, 0) is 38.1 Å². The number of amides is 1. The van der Waals surface area contributed by atoms with Crippen LogP contribution in [0.5, 0.6) is 0 Å². The van der Waals surface area contributed by atoms with Gasteiger partial charge in [0.25, 0.3) is 5.91 Å². The van der Waals surface area contributed by atoms with Crippen LogP contribution in [-0.2, 0) is 4.79 Å². The summed E-state index contributed by atoms with van der Waals surface area (Å²) in [5.41, 5.74) is 5.77. The number of hydrogen-bond acceptors (Lipinski definition) is 3. The maximum atomic E-state index is 11.2. The Morgan fingerprint density at radius 3 is 2.83 bits per heavy atom. The fraction of sp³-hybridized carbons (Fsp3) is 0.188. The molecule has 0 unspecified atom stereocenters. The summed E-state index contributed by atoms with van der Waals surface area (Å²) < 4.78 is 1.96. The summed E-state index contributed by atoms with van der Waals surface area (Å²) in [5, 5.41) is 13.5. The van der Waals surface area contributed by atoms with Crippen LogP contribution in [0.25, 0.3) is 5.69 Å². The largest absolute Gasteiger partial charge is 0.316 e. The van der Waals surface area contributed by atoms with Crippen LogP contribution in [-0.4, -0.2) is 16.7 Å². The number of benzene rings is 1. The molecule has 0 spiro atoms. The molecule has 0 radical (unpaired) electrons. The maximum absolute atomic E-state index is 11.2. The van der Waals surface area contributed by atoms with Gasteiger partial charge in [0, 0.05) is 22.0 Å². The molecule has 1 amide bonds. The smallest absolute Gasteiger partial charge is 0.254 e. The van der Waals surface area contributed by atoms with Crippen molar-refractivity contribution in [2.45, 2.75) is 20.3 Å². The predicted octanol–water partition coefficient (Wildman–Crippen LogP) is 3.76. The van der Waals surface area contributed by atoms with Crippen LogP contribution in [0.3, 0.4) is 0 Å². The van der Waals surface area contributed by atoms with E-state index in [-0.39, 0.29) is 6.42 Å². The molecule has 0 bridgehead atoms. The third-order valence-corrected chi connectivity index (χ3v) is 3.81. The molecule has 1 N–H and O–H groups in total. The topological polar surface area (TPSA) is 70.2 Å². The van der Waals surface area contributed by atoms with Crippen molar-refractivity contribution in [3.05, 3.63) is 51.3 Å². The second kappa shape index (κ2) is 7.32. The number of halogens is 2. The number of aromatic nitrogens is 1. The molecule has 1 aromatic carbocycles. The van der Waals surface area contributed by atoms with Gasteiger partial charge in [-0.25, -0.2) is 5.43 Å². The van der Waals surface area contributed by atoms with Crippen molar-refractivity contribution in [3.8, 4) is 11.8 Å². The van der Waals surface area contributed by atoms with E-state index >= 15 is 0 Å². The first-order valence-electron chi connectivity index (χ1n) is 6.77. The average molecular weight is 349 g/mol. The number of hydrazone groups is 1. The summed E-state index contributed by atoms with van der Waals surface area (Å²) in [4.78, 5) is 11.2. The highest BCUT2D eigenvalue weighted by molar-refractivity contribution is 6.34. The number of carbonyl (C=O) groups is 1. The Morgan fingerprint density at radius 1 is 1.39 bits per heavy atom. The van der Waals surface area contributed by atoms with E-state index in [1.807, 2.05) is 24.5 Å². The molecule has 0 fully saturated rings. The summed E-state index contributed by atoms with van der Waals surface area (Å²) in [7, 11) is 0. The lowest BCUT2D eigenvalue weighted by molar-refractivity contribution is -0.120. The van der Waals surface area contributed by atoms with Crippen molar-refractivity contribution in [1.29, 1.82) is 5.26 Å². The van der Waals surface area contributed by atoms with Crippen molar-refractivity contribution < 1.29 is 4.79 Å². The van der Waals surface area contributed by atoms with Gasteiger partial charge in [-0.2, -0.15) is 10.4 Å². The minimum absolute atomic E-state index is 0.228. The Balaban J connectivity index is 2.33. The van der Waals surface area contributed by atoms with Gasteiger partial charge < -0.3 is 4.57 Å². The highest BCUT2D eigenvalue weighted by atomic mass is 35.5. The van der Waals surface area contributed by atoms with Gasteiger partial charge in [0.1, 0.15) is 6.42 Å². The molecule has 23 heavy (non-hydrogen) atoms. The minimum atomic E-state index is -0.449. The standard InChI is InChI=1S/C16H14Cl2N4O/c1-10-7-12(9-20-21-16(23)5-6-19)11(2)22(10)15-8-13(17)3-4-14(15)18/h3-4,7-9H,5H2,1-2H3,(H,21,23)/b20-9+. The Bertz CT molecular complexity index is 818. The highest BCUT2D eigenvalue weighted by Gasteiger charge is 2.12. The van der Waals surface area contributed by atoms with Crippen LogP contribution < -0.4 is 5.43 Å². The Kier molecular flexibility index (Phi) is 5.43. The Labute approximate surface area is 144 Å². The monoisotopic (exact) mass is 348 g/mol. The van der Waals surface area contributed by atoms with Crippen molar-refractivity contribution in [1.82, 2.24) is 9.99 Å². The molecule has 118 valence electrons. The molecule has 1 heterocycles. The molecule has 0 aliphatic rings. The Morgan fingerprint density at radius 2 is 2.13 bits per heavy atom. The first-order chi connectivity index (χ1) is 10.9. The first kappa shape index (κ1) is 17.1. The van der Waals surface area contributed by atoms with Crippen molar-refractivity contribution >= 4 is 35.3 Å². The van der Waals surface area contributed by atoms with Gasteiger partial charge in [-0.15, -0.1) is 0 Å². The molecule has 0 aliphatic heterocycles. The van der Waals surface area contributed by atoms with Gasteiger partial charge in [0.2, 0.25) is 0 Å². The summed E-state index contributed by atoms with van der Waals surface area (Å²) in [5.74, 6) is -0.449. The lowest BCUT2D eigenvalue weighted by Crippen LogP contribution is -2.16. The van der Waals surface area contributed by atoms with E-state index in [4.69, 9.17) is 28.5 Å². The molecule has 0 atom stereocenters. The van der Waals surface area contributed by atoms with E-state index in [0.717, 1.165) is 22.6 Å². The second-order valence-corrected chi connectivity index (χ2v) is 5.73. The number of aryl methyl sites for hydroxylation is 1. The third-order valence-electron chi connectivity index (χ3n) is 3.25. The molecule has 0 aliphatic carbocycles. The average Bonchev–Trinajstić information content (AvgIpc) is 2.77. The molecule has 2 aromatic rings. The molecule has 1 aromatic heterocycles. The van der Waals surface area contributed by atoms with Gasteiger partial charge in [-0.3, -0.25) is 4.79 Å². The zero-order valence-corrected chi connectivity index (χ0v) is 14.1. The molecular weight excluding hydrogens is 335 g/mol. The van der Waals surface area contributed by atoms with Crippen molar-refractivity contribution in [2.24, 2.45) is 5.10 Å². The number of nitriles is 1. The normalized spacial score (nSPS) is 10.7. The number of hydrogen-bond donors (Lipinski definition) is 1. The van der Waals surface area contributed by atoms with E-state index in [2.05, 4.69) is 10.5 Å². The Hall–Kier alpha value is -2.29. The molecule has 0 saturated carbocycles. The van der Waals surface area contributed by atoms with Crippen LogP contribution in [0, 0.1) is 25.2 Å². The summed E-state index contributed by atoms with van der Waals surface area (Å²) in [6.07, 6.45) is 1.31. The molecule has 0 saturated heterocycles. The second-order valence-electron chi connectivity index (χ2n) is 4.89. The van der Waals surface area contributed by atoms with E-state index < -0.39 is 5.91 Å². The zero-order valence-electron chi connectivity index (χ0n) is 12.6. The minimum Gasteiger partial charge on any atom is -0.316 e. The van der Waals surface area contributed by atoms with E-state index in [1.165, 1.54) is 6.21 Å². The van der Waals surface area contributed by atoms with E-state index in [0.29, 0.717) is 10.0 Å².